The van der Waals surface area contributed by atoms with Gasteiger partial charge in [-0.05, 0) is 57.5 Å². The Labute approximate surface area is 207 Å². The van der Waals surface area contributed by atoms with E-state index in [4.69, 9.17) is 4.74 Å². The molecule has 0 radical (unpaired) electrons. The molecule has 180 valence electrons. The van der Waals surface area contributed by atoms with Crippen LogP contribution in [-0.4, -0.2) is 32.7 Å². The number of hydrogen-bond donors (Lipinski definition) is 2. The van der Waals surface area contributed by atoms with Gasteiger partial charge >= 0.3 is 6.18 Å². The summed E-state index contributed by atoms with van der Waals surface area (Å²) in [5.74, 6) is 1.20. The monoisotopic (exact) mass is 576 g/mol. The van der Waals surface area contributed by atoms with Crippen LogP contribution < -0.4 is 15.4 Å². The molecule has 1 aromatic carbocycles. The van der Waals surface area contributed by atoms with Gasteiger partial charge in [-0.1, -0.05) is 12.1 Å². The number of aliphatic imine (C=N–C) groups is 1. The van der Waals surface area contributed by atoms with Gasteiger partial charge in [0.15, 0.2) is 17.4 Å². The van der Waals surface area contributed by atoms with E-state index < -0.39 is 17.3 Å². The molecule has 0 aliphatic heterocycles. The highest BCUT2D eigenvalue weighted by molar-refractivity contribution is 14.0. The van der Waals surface area contributed by atoms with Crippen molar-refractivity contribution in [2.75, 3.05) is 6.54 Å². The van der Waals surface area contributed by atoms with E-state index in [9.17, 15) is 13.2 Å². The Bertz CT molecular complexity index is 1090. The molecular formula is C22H28F3IN6O. The second-order valence-corrected chi connectivity index (χ2v) is 8.12. The van der Waals surface area contributed by atoms with Crippen LogP contribution in [-0.2, 0) is 19.3 Å². The van der Waals surface area contributed by atoms with Crippen LogP contribution >= 0.6 is 24.0 Å². The average Bonchev–Trinajstić information content (AvgIpc) is 3.12. The van der Waals surface area contributed by atoms with Crippen molar-refractivity contribution in [3.05, 3.63) is 59.5 Å². The van der Waals surface area contributed by atoms with Crippen LogP contribution in [0.3, 0.4) is 0 Å². The van der Waals surface area contributed by atoms with E-state index in [0.717, 1.165) is 6.07 Å². The van der Waals surface area contributed by atoms with Crippen molar-refractivity contribution in [2.24, 2.45) is 4.99 Å². The summed E-state index contributed by atoms with van der Waals surface area (Å²) < 4.78 is 48.4. The Hall–Kier alpha value is -2.57. The molecule has 2 N–H and O–H groups in total. The van der Waals surface area contributed by atoms with Crippen molar-refractivity contribution in [1.29, 1.82) is 0 Å². The summed E-state index contributed by atoms with van der Waals surface area (Å²) in [5.41, 5.74) is -0.596. The second kappa shape index (κ2) is 11.0. The van der Waals surface area contributed by atoms with Gasteiger partial charge in [0, 0.05) is 12.7 Å². The molecule has 0 unspecified atom stereocenters. The molecular weight excluding hydrogens is 548 g/mol. The van der Waals surface area contributed by atoms with E-state index in [1.807, 2.05) is 35.7 Å². The molecule has 0 atom stereocenters. The highest BCUT2D eigenvalue weighted by Crippen LogP contribution is 2.35. The van der Waals surface area contributed by atoms with Crippen LogP contribution in [0, 0.1) is 0 Å². The van der Waals surface area contributed by atoms with Crippen molar-refractivity contribution in [3.63, 3.8) is 0 Å². The fraction of sp³-hybridized carbons (Fsp3) is 0.409. The van der Waals surface area contributed by atoms with Gasteiger partial charge in [0.1, 0.15) is 11.4 Å². The molecule has 33 heavy (non-hydrogen) atoms. The smallest absolute Gasteiger partial charge is 0.416 e. The molecule has 0 aliphatic rings. The number of ether oxygens (including phenoxy) is 1. The van der Waals surface area contributed by atoms with Crippen LogP contribution in [0.5, 0.6) is 5.75 Å². The number of nitrogens with one attached hydrogen (secondary N) is 2. The molecule has 0 fully saturated rings. The highest BCUT2D eigenvalue weighted by atomic mass is 127. The fourth-order valence-corrected chi connectivity index (χ4v) is 3.05. The van der Waals surface area contributed by atoms with Crippen LogP contribution in [0.25, 0.3) is 5.65 Å². The van der Waals surface area contributed by atoms with Crippen molar-refractivity contribution in [3.8, 4) is 5.75 Å². The molecule has 2 aromatic heterocycles. The second-order valence-electron chi connectivity index (χ2n) is 8.12. The summed E-state index contributed by atoms with van der Waals surface area (Å²) in [5, 5.41) is 14.4. The van der Waals surface area contributed by atoms with Crippen LogP contribution in [0.15, 0.2) is 47.6 Å². The topological polar surface area (TPSA) is 75.8 Å². The SMILES string of the molecule is CCNC(=NCc1ccc(OC(C)(C)C)cc1C(F)(F)F)NCc1nnc2ccccn12.I. The zero-order valence-electron chi connectivity index (χ0n) is 18.9. The molecule has 7 nitrogen and oxygen atoms in total. The largest absolute Gasteiger partial charge is 0.488 e. The molecule has 3 rings (SSSR count). The number of pyridine rings is 1. The number of rotatable bonds is 6. The van der Waals surface area contributed by atoms with Gasteiger partial charge in [0.2, 0.25) is 0 Å². The Morgan fingerprint density at radius 3 is 2.52 bits per heavy atom. The third-order valence-electron chi connectivity index (χ3n) is 4.36. The third-order valence-corrected chi connectivity index (χ3v) is 4.36. The minimum atomic E-state index is -4.52. The summed E-state index contributed by atoms with van der Waals surface area (Å²) in [6.45, 7) is 7.94. The van der Waals surface area contributed by atoms with Crippen molar-refractivity contribution in [1.82, 2.24) is 25.2 Å². The summed E-state index contributed by atoms with van der Waals surface area (Å²) in [6.07, 6.45) is -2.68. The maximum absolute atomic E-state index is 13.7. The molecule has 0 bridgehead atoms. The molecule has 0 spiro atoms. The minimum Gasteiger partial charge on any atom is -0.488 e. The van der Waals surface area contributed by atoms with Crippen molar-refractivity contribution >= 4 is 35.6 Å². The number of fused-ring (bicyclic) bond motifs is 1. The Morgan fingerprint density at radius 2 is 1.85 bits per heavy atom. The fourth-order valence-electron chi connectivity index (χ4n) is 3.05. The first-order chi connectivity index (χ1) is 15.1. The van der Waals surface area contributed by atoms with Gasteiger partial charge in [-0.25, -0.2) is 4.99 Å². The number of aromatic nitrogens is 3. The van der Waals surface area contributed by atoms with Gasteiger partial charge in [0.05, 0.1) is 18.7 Å². The standard InChI is InChI=1S/C22H27F3N6O.HI/c1-5-26-20(28-14-19-30-29-18-8-6-7-11-31(18)19)27-13-15-9-10-16(32-21(2,3)4)12-17(15)22(23,24)25;/h6-12H,5,13-14H2,1-4H3,(H2,26,27,28);1H. The first-order valence-corrected chi connectivity index (χ1v) is 10.3. The number of hydrogen-bond acceptors (Lipinski definition) is 4. The molecule has 2 heterocycles. The van der Waals surface area contributed by atoms with Crippen LogP contribution in [0.1, 0.15) is 44.6 Å². The maximum Gasteiger partial charge on any atom is 0.416 e. The van der Waals surface area contributed by atoms with Gasteiger partial charge < -0.3 is 15.4 Å². The first-order valence-electron chi connectivity index (χ1n) is 10.3. The van der Waals surface area contributed by atoms with E-state index in [1.54, 1.807) is 20.8 Å². The zero-order chi connectivity index (χ0) is 23.4. The Balaban J connectivity index is 0.00000385. The molecule has 0 amide bonds. The lowest BCUT2D eigenvalue weighted by Crippen LogP contribution is -2.37. The van der Waals surface area contributed by atoms with E-state index in [-0.39, 0.29) is 41.8 Å². The molecule has 3 aromatic rings. The molecule has 0 aliphatic carbocycles. The maximum atomic E-state index is 13.7. The summed E-state index contributed by atoms with van der Waals surface area (Å²) >= 11 is 0. The van der Waals surface area contributed by atoms with E-state index in [1.165, 1.54) is 12.1 Å². The highest BCUT2D eigenvalue weighted by Gasteiger charge is 2.34. The number of alkyl halides is 3. The Kier molecular flexibility index (Phi) is 8.92. The van der Waals surface area contributed by atoms with Crippen LogP contribution in [0.2, 0.25) is 0 Å². The number of benzene rings is 1. The average molecular weight is 576 g/mol. The van der Waals surface area contributed by atoms with Gasteiger partial charge in [0.25, 0.3) is 0 Å². The number of guanidine groups is 1. The predicted octanol–water partition coefficient (Wildman–Crippen LogP) is 4.80. The molecule has 11 heteroatoms. The first kappa shape index (κ1) is 26.7. The van der Waals surface area contributed by atoms with E-state index >= 15 is 0 Å². The normalized spacial score (nSPS) is 12.4. The van der Waals surface area contributed by atoms with Crippen LogP contribution in [0.4, 0.5) is 13.2 Å². The lowest BCUT2D eigenvalue weighted by atomic mass is 10.1. The zero-order valence-corrected chi connectivity index (χ0v) is 21.2. The quantitative estimate of drug-likeness (QED) is 0.251. The summed E-state index contributed by atoms with van der Waals surface area (Å²) in [4.78, 5) is 4.34. The van der Waals surface area contributed by atoms with E-state index in [2.05, 4.69) is 25.8 Å². The number of nitrogens with zero attached hydrogens (tertiary/aromatic N) is 4. The number of halogens is 4. The van der Waals surface area contributed by atoms with Gasteiger partial charge in [-0.3, -0.25) is 4.40 Å². The lowest BCUT2D eigenvalue weighted by Gasteiger charge is -2.22. The predicted molar refractivity (Wildman–Crippen MR) is 132 cm³/mol. The van der Waals surface area contributed by atoms with E-state index in [0.29, 0.717) is 30.5 Å². The Morgan fingerprint density at radius 1 is 1.09 bits per heavy atom. The van der Waals surface area contributed by atoms with Gasteiger partial charge in [-0.2, -0.15) is 13.2 Å². The van der Waals surface area contributed by atoms with Crippen molar-refractivity contribution < 1.29 is 17.9 Å². The summed E-state index contributed by atoms with van der Waals surface area (Å²) in [7, 11) is 0. The van der Waals surface area contributed by atoms with Gasteiger partial charge in [-0.15, -0.1) is 34.2 Å². The third kappa shape index (κ3) is 7.47. The lowest BCUT2D eigenvalue weighted by molar-refractivity contribution is -0.138. The molecule has 0 saturated heterocycles. The van der Waals surface area contributed by atoms with Crippen molar-refractivity contribution in [2.45, 2.75) is 52.6 Å². The minimum absolute atomic E-state index is 0. The molecule has 0 saturated carbocycles. The summed E-state index contributed by atoms with van der Waals surface area (Å²) in [6, 6.07) is 9.53.